The predicted octanol–water partition coefficient (Wildman–Crippen LogP) is 3.88. The van der Waals surface area contributed by atoms with Crippen LogP contribution in [0.3, 0.4) is 0 Å². The first-order valence-electron chi connectivity index (χ1n) is 8.83. The number of benzene rings is 2. The van der Waals surface area contributed by atoms with Crippen LogP contribution in [0.15, 0.2) is 53.6 Å². The van der Waals surface area contributed by atoms with Gasteiger partial charge in [-0.1, -0.05) is 18.2 Å². The standard InChI is InChI=1S/C21H20IN3O3/c1-3-28-20(26)13-25-14(2)18(17-6-4-5-7-19(17)25)12-23-24-21(27)15-8-10-16(22)11-9-15/h4-12H,3,13H2,1-2H3,(H,24,27)/b23-12-. The number of amides is 1. The highest BCUT2D eigenvalue weighted by Crippen LogP contribution is 2.24. The fraction of sp³-hybridized carbons (Fsp3) is 0.190. The number of esters is 1. The molecule has 0 radical (unpaired) electrons. The molecular weight excluding hydrogens is 469 g/mol. The van der Waals surface area contributed by atoms with E-state index in [2.05, 4.69) is 33.1 Å². The van der Waals surface area contributed by atoms with E-state index in [1.807, 2.05) is 47.9 Å². The highest BCUT2D eigenvalue weighted by atomic mass is 127. The van der Waals surface area contributed by atoms with Gasteiger partial charge >= 0.3 is 5.97 Å². The smallest absolute Gasteiger partial charge is 0.325 e. The highest BCUT2D eigenvalue weighted by Gasteiger charge is 2.15. The molecule has 1 N–H and O–H groups in total. The molecule has 0 saturated carbocycles. The average Bonchev–Trinajstić information content (AvgIpc) is 2.94. The number of aromatic nitrogens is 1. The van der Waals surface area contributed by atoms with E-state index in [-0.39, 0.29) is 18.4 Å². The molecule has 0 spiro atoms. The van der Waals surface area contributed by atoms with E-state index in [1.165, 1.54) is 0 Å². The molecular formula is C21H20IN3O3. The maximum Gasteiger partial charge on any atom is 0.325 e. The van der Waals surface area contributed by atoms with Gasteiger partial charge in [0, 0.05) is 31.3 Å². The van der Waals surface area contributed by atoms with Crippen molar-refractivity contribution in [1.29, 1.82) is 0 Å². The highest BCUT2D eigenvalue weighted by molar-refractivity contribution is 14.1. The summed E-state index contributed by atoms with van der Waals surface area (Å²) in [5, 5.41) is 5.08. The molecule has 1 aromatic heterocycles. The van der Waals surface area contributed by atoms with Gasteiger partial charge in [-0.2, -0.15) is 5.10 Å². The summed E-state index contributed by atoms with van der Waals surface area (Å²) >= 11 is 2.19. The molecule has 0 atom stereocenters. The van der Waals surface area contributed by atoms with E-state index in [4.69, 9.17) is 4.74 Å². The van der Waals surface area contributed by atoms with E-state index < -0.39 is 0 Å². The van der Waals surface area contributed by atoms with Gasteiger partial charge in [-0.3, -0.25) is 9.59 Å². The zero-order valence-corrected chi connectivity index (χ0v) is 17.8. The summed E-state index contributed by atoms with van der Waals surface area (Å²) in [6, 6.07) is 15.0. The summed E-state index contributed by atoms with van der Waals surface area (Å²) in [4.78, 5) is 24.2. The number of hydrogen-bond donors (Lipinski definition) is 1. The molecule has 0 fully saturated rings. The van der Waals surface area contributed by atoms with Gasteiger partial charge in [-0.05, 0) is 66.8 Å². The van der Waals surface area contributed by atoms with Crippen LogP contribution in [0.25, 0.3) is 10.9 Å². The topological polar surface area (TPSA) is 72.7 Å². The predicted molar refractivity (Wildman–Crippen MR) is 118 cm³/mol. The molecule has 0 aliphatic heterocycles. The van der Waals surface area contributed by atoms with Crippen molar-refractivity contribution in [2.75, 3.05) is 6.61 Å². The summed E-state index contributed by atoms with van der Waals surface area (Å²) in [5.74, 6) is -0.567. The van der Waals surface area contributed by atoms with Crippen LogP contribution in [0, 0.1) is 10.5 Å². The van der Waals surface area contributed by atoms with Gasteiger partial charge in [-0.15, -0.1) is 0 Å². The quantitative estimate of drug-likeness (QED) is 0.247. The van der Waals surface area contributed by atoms with Crippen molar-refractivity contribution >= 4 is 51.6 Å². The Morgan fingerprint density at radius 2 is 1.89 bits per heavy atom. The third-order valence-corrected chi connectivity index (χ3v) is 5.06. The second-order valence-electron chi connectivity index (χ2n) is 6.11. The molecule has 144 valence electrons. The van der Waals surface area contributed by atoms with Crippen molar-refractivity contribution in [3.8, 4) is 0 Å². The van der Waals surface area contributed by atoms with Crippen LogP contribution in [0.2, 0.25) is 0 Å². The third kappa shape index (κ3) is 4.41. The van der Waals surface area contributed by atoms with Crippen LogP contribution in [0.5, 0.6) is 0 Å². The Bertz CT molecular complexity index is 1040. The molecule has 0 aliphatic rings. The molecule has 0 aliphatic carbocycles. The van der Waals surface area contributed by atoms with Crippen LogP contribution in [-0.2, 0) is 16.1 Å². The summed E-state index contributed by atoms with van der Waals surface area (Å²) in [5.41, 5.74) is 5.74. The number of halogens is 1. The van der Waals surface area contributed by atoms with Gasteiger partial charge in [-0.25, -0.2) is 5.43 Å². The van der Waals surface area contributed by atoms with Gasteiger partial charge in [0.15, 0.2) is 0 Å². The zero-order valence-electron chi connectivity index (χ0n) is 15.6. The van der Waals surface area contributed by atoms with Crippen molar-refractivity contribution in [2.24, 2.45) is 5.10 Å². The number of nitrogens with zero attached hydrogens (tertiary/aromatic N) is 2. The molecule has 0 saturated heterocycles. The first kappa shape index (κ1) is 20.1. The van der Waals surface area contributed by atoms with Crippen LogP contribution in [0.4, 0.5) is 0 Å². The monoisotopic (exact) mass is 489 g/mol. The normalized spacial score (nSPS) is 11.1. The molecule has 1 amide bonds. The third-order valence-electron chi connectivity index (χ3n) is 4.34. The van der Waals surface area contributed by atoms with Crippen LogP contribution in [-0.4, -0.2) is 29.3 Å². The van der Waals surface area contributed by atoms with Gasteiger partial charge in [0.1, 0.15) is 6.54 Å². The molecule has 6 nitrogen and oxygen atoms in total. The number of carbonyl (C=O) groups excluding carboxylic acids is 2. The molecule has 28 heavy (non-hydrogen) atoms. The second-order valence-corrected chi connectivity index (χ2v) is 7.36. The van der Waals surface area contributed by atoms with E-state index >= 15 is 0 Å². The molecule has 7 heteroatoms. The molecule has 0 unspecified atom stereocenters. The minimum Gasteiger partial charge on any atom is -0.465 e. The van der Waals surface area contributed by atoms with Gasteiger partial charge < -0.3 is 9.30 Å². The molecule has 3 aromatic rings. The molecule has 0 bridgehead atoms. The first-order valence-corrected chi connectivity index (χ1v) is 9.91. The van der Waals surface area contributed by atoms with E-state index in [0.29, 0.717) is 12.2 Å². The number of nitrogens with one attached hydrogen (secondary N) is 1. The van der Waals surface area contributed by atoms with Crippen LogP contribution >= 0.6 is 22.6 Å². The van der Waals surface area contributed by atoms with E-state index in [1.54, 1.807) is 25.3 Å². The van der Waals surface area contributed by atoms with Gasteiger partial charge in [0.05, 0.1) is 12.8 Å². The van der Waals surface area contributed by atoms with Crippen molar-refractivity contribution in [1.82, 2.24) is 9.99 Å². The largest absolute Gasteiger partial charge is 0.465 e. The number of rotatable bonds is 6. The Kier molecular flexibility index (Phi) is 6.45. The number of fused-ring (bicyclic) bond motifs is 1. The Morgan fingerprint density at radius 3 is 2.61 bits per heavy atom. The summed E-state index contributed by atoms with van der Waals surface area (Å²) in [6.07, 6.45) is 1.61. The van der Waals surface area contributed by atoms with Gasteiger partial charge in [0.25, 0.3) is 5.91 Å². The van der Waals surface area contributed by atoms with E-state index in [0.717, 1.165) is 25.7 Å². The number of para-hydroxylation sites is 1. The lowest BCUT2D eigenvalue weighted by molar-refractivity contribution is -0.143. The van der Waals surface area contributed by atoms with Crippen molar-refractivity contribution < 1.29 is 14.3 Å². The molecule has 3 rings (SSSR count). The lowest BCUT2D eigenvalue weighted by Gasteiger charge is -2.07. The summed E-state index contributed by atoms with van der Waals surface area (Å²) < 4.78 is 8.03. The van der Waals surface area contributed by atoms with Crippen LogP contribution < -0.4 is 5.43 Å². The van der Waals surface area contributed by atoms with Gasteiger partial charge in [0.2, 0.25) is 0 Å². The van der Waals surface area contributed by atoms with Crippen molar-refractivity contribution in [3.05, 3.63) is 68.9 Å². The number of ether oxygens (including phenoxy) is 1. The Morgan fingerprint density at radius 1 is 1.18 bits per heavy atom. The Balaban J connectivity index is 1.85. The summed E-state index contributed by atoms with van der Waals surface area (Å²) in [6.45, 7) is 4.17. The Labute approximate surface area is 176 Å². The van der Waals surface area contributed by atoms with Crippen molar-refractivity contribution in [3.63, 3.8) is 0 Å². The minimum absolute atomic E-state index is 0.128. The average molecular weight is 489 g/mol. The fourth-order valence-electron chi connectivity index (χ4n) is 2.98. The maximum atomic E-state index is 12.2. The first-order chi connectivity index (χ1) is 13.5. The Hall–Kier alpha value is -2.68. The lowest BCUT2D eigenvalue weighted by atomic mass is 10.1. The van der Waals surface area contributed by atoms with Crippen LogP contribution in [0.1, 0.15) is 28.5 Å². The van der Waals surface area contributed by atoms with Crippen molar-refractivity contribution in [2.45, 2.75) is 20.4 Å². The summed E-state index contributed by atoms with van der Waals surface area (Å²) in [7, 11) is 0. The minimum atomic E-state index is -0.290. The second kappa shape index (κ2) is 9.01. The zero-order chi connectivity index (χ0) is 20.1. The van der Waals surface area contributed by atoms with E-state index in [9.17, 15) is 9.59 Å². The number of carbonyl (C=O) groups is 2. The molecule has 1 heterocycles. The number of hydrogen-bond acceptors (Lipinski definition) is 4. The maximum absolute atomic E-state index is 12.2. The SMILES string of the molecule is CCOC(=O)Cn1c(C)c(/C=N\NC(=O)c2ccc(I)cc2)c2ccccc21. The lowest BCUT2D eigenvalue weighted by Crippen LogP contribution is -2.17. The fourth-order valence-corrected chi connectivity index (χ4v) is 3.34. The molecule has 2 aromatic carbocycles. The number of hydrazone groups is 1.